The Morgan fingerprint density at radius 2 is 2.07 bits per heavy atom. The Hall–Kier alpha value is -1.19. The summed E-state index contributed by atoms with van der Waals surface area (Å²) >= 11 is 11.6. The number of aromatic nitrogens is 1. The molecule has 0 aliphatic heterocycles. The predicted octanol–water partition coefficient (Wildman–Crippen LogP) is 3.66. The molecule has 3 nitrogen and oxygen atoms in total. The molecule has 0 unspecified atom stereocenters. The summed E-state index contributed by atoms with van der Waals surface area (Å²) in [5.41, 5.74) is 1.47. The van der Waals surface area contributed by atoms with Gasteiger partial charge in [0.15, 0.2) is 0 Å². The van der Waals surface area contributed by atoms with Gasteiger partial charge in [-0.3, -0.25) is 0 Å². The minimum absolute atomic E-state index is 0.247. The van der Waals surface area contributed by atoms with E-state index in [9.17, 15) is 0 Å². The summed E-state index contributed by atoms with van der Waals surface area (Å²) in [4.78, 5) is 0. The molecule has 0 N–H and O–H groups in total. The van der Waals surface area contributed by atoms with Crippen molar-refractivity contribution in [1.29, 1.82) is 0 Å². The Balaban J connectivity index is 2.42. The quantitative estimate of drug-likeness (QED) is 0.808. The Bertz CT molecular complexity index is 482. The van der Waals surface area contributed by atoms with Gasteiger partial charge in [-0.25, -0.2) is 0 Å². The number of halogens is 2. The number of ether oxygens (including phenoxy) is 1. The van der Waals surface area contributed by atoms with Crippen LogP contribution in [-0.4, -0.2) is 12.3 Å². The van der Waals surface area contributed by atoms with Gasteiger partial charge in [0, 0.05) is 11.6 Å². The molecule has 1 aromatic carbocycles. The second-order valence-electron chi connectivity index (χ2n) is 2.87. The summed E-state index contributed by atoms with van der Waals surface area (Å²) in [6, 6.07) is 6.97. The molecule has 0 radical (unpaired) electrons. The lowest BCUT2D eigenvalue weighted by atomic mass is 10.1. The van der Waals surface area contributed by atoms with Crippen LogP contribution in [0.15, 0.2) is 28.8 Å². The number of hydrogen-bond donors (Lipinski definition) is 0. The molecular weight excluding hydrogens is 237 g/mol. The van der Waals surface area contributed by atoms with Gasteiger partial charge in [0.2, 0.25) is 5.22 Å². The zero-order valence-corrected chi connectivity index (χ0v) is 9.34. The predicted molar refractivity (Wildman–Crippen MR) is 58.5 cm³/mol. The van der Waals surface area contributed by atoms with Gasteiger partial charge in [0.1, 0.15) is 11.4 Å². The van der Waals surface area contributed by atoms with Gasteiger partial charge in [-0.05, 0) is 29.8 Å². The third-order valence-corrected chi connectivity index (χ3v) is 2.40. The van der Waals surface area contributed by atoms with Crippen molar-refractivity contribution in [3.05, 3.63) is 34.5 Å². The third-order valence-electron chi connectivity index (χ3n) is 1.93. The van der Waals surface area contributed by atoms with Crippen molar-refractivity contribution in [3.63, 3.8) is 0 Å². The Labute approximate surface area is 96.5 Å². The van der Waals surface area contributed by atoms with Crippen LogP contribution in [0.1, 0.15) is 0 Å². The molecule has 15 heavy (non-hydrogen) atoms. The van der Waals surface area contributed by atoms with Crippen molar-refractivity contribution in [2.24, 2.45) is 0 Å². The van der Waals surface area contributed by atoms with E-state index in [2.05, 4.69) is 5.16 Å². The molecule has 0 spiro atoms. The van der Waals surface area contributed by atoms with Crippen LogP contribution in [0.2, 0.25) is 10.2 Å². The van der Waals surface area contributed by atoms with Gasteiger partial charge in [0.05, 0.1) is 12.1 Å². The summed E-state index contributed by atoms with van der Waals surface area (Å²) in [7, 11) is 1.56. The molecule has 1 heterocycles. The molecule has 0 aliphatic carbocycles. The van der Waals surface area contributed by atoms with Crippen LogP contribution in [0.4, 0.5) is 0 Å². The Morgan fingerprint density at radius 1 is 1.27 bits per heavy atom. The molecule has 1 aromatic heterocycles. The van der Waals surface area contributed by atoms with Crippen LogP contribution in [-0.2, 0) is 0 Å². The minimum atomic E-state index is 0.247. The molecule has 0 bridgehead atoms. The van der Waals surface area contributed by atoms with Crippen molar-refractivity contribution in [1.82, 2.24) is 5.16 Å². The van der Waals surface area contributed by atoms with E-state index < -0.39 is 0 Å². The van der Waals surface area contributed by atoms with E-state index in [1.807, 2.05) is 6.07 Å². The maximum absolute atomic E-state index is 5.97. The van der Waals surface area contributed by atoms with Gasteiger partial charge in [-0.2, -0.15) is 0 Å². The van der Waals surface area contributed by atoms with E-state index in [0.717, 1.165) is 5.56 Å². The van der Waals surface area contributed by atoms with Crippen LogP contribution >= 0.6 is 23.2 Å². The van der Waals surface area contributed by atoms with Crippen LogP contribution in [0.25, 0.3) is 11.3 Å². The van der Waals surface area contributed by atoms with Crippen molar-refractivity contribution >= 4 is 23.2 Å². The lowest BCUT2D eigenvalue weighted by molar-refractivity contribution is 0.415. The fourth-order valence-electron chi connectivity index (χ4n) is 1.21. The zero-order valence-electron chi connectivity index (χ0n) is 7.83. The Kier molecular flexibility index (Phi) is 2.84. The van der Waals surface area contributed by atoms with Gasteiger partial charge < -0.3 is 9.26 Å². The molecule has 5 heteroatoms. The maximum atomic E-state index is 5.97. The van der Waals surface area contributed by atoms with E-state index in [0.29, 0.717) is 16.5 Å². The van der Waals surface area contributed by atoms with Crippen LogP contribution in [0.5, 0.6) is 5.75 Å². The fourth-order valence-corrected chi connectivity index (χ4v) is 1.61. The fraction of sp³-hybridized carbons (Fsp3) is 0.100. The molecule has 78 valence electrons. The second kappa shape index (κ2) is 4.13. The van der Waals surface area contributed by atoms with E-state index in [1.165, 1.54) is 0 Å². The maximum Gasteiger partial charge on any atom is 0.226 e. The highest BCUT2D eigenvalue weighted by Gasteiger charge is 2.07. The van der Waals surface area contributed by atoms with Crippen LogP contribution in [0, 0.1) is 0 Å². The smallest absolute Gasteiger partial charge is 0.226 e. The topological polar surface area (TPSA) is 35.3 Å². The molecule has 0 aliphatic rings. The summed E-state index contributed by atoms with van der Waals surface area (Å²) < 4.78 is 9.80. The average molecular weight is 244 g/mol. The van der Waals surface area contributed by atoms with Crippen molar-refractivity contribution in [3.8, 4) is 17.0 Å². The SMILES string of the molecule is COc1ccc(-c2cc(Cl)on2)cc1Cl. The highest BCUT2D eigenvalue weighted by atomic mass is 35.5. The largest absolute Gasteiger partial charge is 0.495 e. The summed E-state index contributed by atoms with van der Waals surface area (Å²) in [5, 5.41) is 4.55. The van der Waals surface area contributed by atoms with Crippen LogP contribution < -0.4 is 4.74 Å². The zero-order chi connectivity index (χ0) is 10.8. The van der Waals surface area contributed by atoms with Gasteiger partial charge in [-0.15, -0.1) is 0 Å². The number of methoxy groups -OCH3 is 1. The minimum Gasteiger partial charge on any atom is -0.495 e. The van der Waals surface area contributed by atoms with Gasteiger partial charge >= 0.3 is 0 Å². The first-order valence-electron chi connectivity index (χ1n) is 4.17. The number of hydrogen-bond acceptors (Lipinski definition) is 3. The summed E-state index contributed by atoms with van der Waals surface area (Å²) in [6.45, 7) is 0. The number of nitrogens with zero attached hydrogens (tertiary/aromatic N) is 1. The first-order chi connectivity index (χ1) is 7.20. The monoisotopic (exact) mass is 243 g/mol. The third kappa shape index (κ3) is 2.08. The highest BCUT2D eigenvalue weighted by Crippen LogP contribution is 2.30. The van der Waals surface area contributed by atoms with Crippen LogP contribution in [0.3, 0.4) is 0 Å². The van der Waals surface area contributed by atoms with Crippen molar-refractivity contribution < 1.29 is 9.26 Å². The summed E-state index contributed by atoms with van der Waals surface area (Å²) in [6.07, 6.45) is 0. The molecule has 0 fully saturated rings. The van der Waals surface area contributed by atoms with E-state index in [-0.39, 0.29) is 5.22 Å². The first-order valence-corrected chi connectivity index (χ1v) is 4.92. The second-order valence-corrected chi connectivity index (χ2v) is 3.65. The Morgan fingerprint density at radius 3 is 2.60 bits per heavy atom. The number of benzene rings is 1. The van der Waals surface area contributed by atoms with E-state index in [1.54, 1.807) is 25.3 Å². The first kappa shape index (κ1) is 10.3. The van der Waals surface area contributed by atoms with Gasteiger partial charge in [-0.1, -0.05) is 16.8 Å². The molecule has 2 rings (SSSR count). The lowest BCUT2D eigenvalue weighted by Gasteiger charge is -2.03. The number of rotatable bonds is 2. The highest BCUT2D eigenvalue weighted by molar-refractivity contribution is 6.32. The van der Waals surface area contributed by atoms with E-state index >= 15 is 0 Å². The van der Waals surface area contributed by atoms with E-state index in [4.69, 9.17) is 32.5 Å². The molecule has 0 amide bonds. The lowest BCUT2D eigenvalue weighted by Crippen LogP contribution is -1.84. The molecule has 0 saturated carbocycles. The van der Waals surface area contributed by atoms with Crippen molar-refractivity contribution in [2.75, 3.05) is 7.11 Å². The average Bonchev–Trinajstić information content (AvgIpc) is 2.65. The summed E-state index contributed by atoms with van der Waals surface area (Å²) in [5.74, 6) is 0.620. The van der Waals surface area contributed by atoms with Crippen molar-refractivity contribution in [2.45, 2.75) is 0 Å². The van der Waals surface area contributed by atoms with Gasteiger partial charge in [0.25, 0.3) is 0 Å². The molecule has 0 atom stereocenters. The standard InChI is InChI=1S/C10H7Cl2NO2/c1-14-9-3-2-6(4-7(9)11)8-5-10(12)15-13-8/h2-5H,1H3. The molecular formula is C10H7Cl2NO2. The normalized spacial score (nSPS) is 10.3. The molecule has 0 saturated heterocycles. The molecule has 2 aromatic rings.